The molecule has 9 atom stereocenters. The van der Waals surface area contributed by atoms with Gasteiger partial charge in [-0.25, -0.2) is 0 Å². The van der Waals surface area contributed by atoms with E-state index < -0.39 is 55.1 Å². The van der Waals surface area contributed by atoms with Gasteiger partial charge in [-0.05, 0) is 6.92 Å². The van der Waals surface area contributed by atoms with Crippen molar-refractivity contribution in [2.45, 2.75) is 68.9 Å². The van der Waals surface area contributed by atoms with Crippen LogP contribution in [0.15, 0.2) is 0 Å². The molecule has 2 aliphatic rings. The van der Waals surface area contributed by atoms with Crippen LogP contribution in [0.2, 0.25) is 0 Å². The number of ether oxygens (including phenoxy) is 3. The predicted molar refractivity (Wildman–Crippen MR) is 77.7 cm³/mol. The quantitative estimate of drug-likeness (QED) is 0.302. The van der Waals surface area contributed by atoms with E-state index in [-0.39, 0.29) is 19.1 Å². The summed E-state index contributed by atoms with van der Waals surface area (Å²) < 4.78 is 16.0. The number of hydrogen-bond acceptors (Lipinski definition) is 9. The summed E-state index contributed by atoms with van der Waals surface area (Å²) in [4.78, 5) is 11.0. The fraction of sp³-hybridized carbons (Fsp3) is 0.929. The van der Waals surface area contributed by atoms with Gasteiger partial charge in [-0.1, -0.05) is 0 Å². The van der Waals surface area contributed by atoms with E-state index in [0.717, 1.165) is 0 Å². The molecule has 0 spiro atoms. The largest absolute Gasteiger partial charge is 0.388 e. The topological polar surface area (TPSA) is 158 Å². The molecule has 0 aliphatic carbocycles. The molecule has 0 bridgehead atoms. The molecule has 140 valence electrons. The van der Waals surface area contributed by atoms with Gasteiger partial charge in [0.05, 0.1) is 25.4 Å². The highest BCUT2D eigenvalue weighted by molar-refractivity contribution is 5.73. The summed E-state index contributed by atoms with van der Waals surface area (Å²) in [5.41, 5.74) is 0. The molecule has 2 fully saturated rings. The molecule has 2 rings (SSSR count). The van der Waals surface area contributed by atoms with Gasteiger partial charge in [-0.3, -0.25) is 4.79 Å². The highest BCUT2D eigenvalue weighted by Gasteiger charge is 2.44. The van der Waals surface area contributed by atoms with Crippen molar-refractivity contribution in [2.75, 3.05) is 13.2 Å². The average molecular weight is 351 g/mol. The van der Waals surface area contributed by atoms with Crippen molar-refractivity contribution in [1.29, 1.82) is 0 Å². The summed E-state index contributed by atoms with van der Waals surface area (Å²) in [5, 5.41) is 51.7. The van der Waals surface area contributed by atoms with Gasteiger partial charge in [0.2, 0.25) is 5.91 Å². The second kappa shape index (κ2) is 8.02. The van der Waals surface area contributed by atoms with Crippen LogP contribution in [0.3, 0.4) is 0 Å². The number of carbonyl (C=O) groups excluding carboxylic acids is 1. The van der Waals surface area contributed by atoms with E-state index in [9.17, 15) is 30.3 Å². The van der Waals surface area contributed by atoms with Crippen molar-refractivity contribution in [3.05, 3.63) is 0 Å². The summed E-state index contributed by atoms with van der Waals surface area (Å²) in [7, 11) is 0. The zero-order chi connectivity index (χ0) is 18.0. The Morgan fingerprint density at radius 1 is 1.08 bits per heavy atom. The standard InChI is InChI=1S/C14H25NO9/c1-5-9(17)12(20)13(21)14(24-5)23-4-8-11(19)10(18)7(3-22-8)15-6(2)16/h5,7-14,17-21H,3-4H2,1-2H3,(H,15,16)/t5-,7-,8+,9+,10+,11+,12+,13-,14-/m0/s1. The third-order valence-corrected chi connectivity index (χ3v) is 4.25. The molecule has 0 aromatic rings. The van der Waals surface area contributed by atoms with E-state index in [2.05, 4.69) is 5.32 Å². The molecule has 2 saturated heterocycles. The summed E-state index contributed by atoms with van der Waals surface area (Å²) in [6.45, 7) is 2.57. The fourth-order valence-corrected chi connectivity index (χ4v) is 2.76. The third kappa shape index (κ3) is 4.21. The molecule has 0 saturated carbocycles. The molecule has 10 nitrogen and oxygen atoms in total. The summed E-state index contributed by atoms with van der Waals surface area (Å²) >= 11 is 0. The van der Waals surface area contributed by atoms with E-state index in [1.54, 1.807) is 0 Å². The average Bonchev–Trinajstić information content (AvgIpc) is 2.53. The number of hydrogen-bond donors (Lipinski definition) is 6. The molecule has 10 heteroatoms. The molecule has 0 aromatic heterocycles. The van der Waals surface area contributed by atoms with Gasteiger partial charge < -0.3 is 45.1 Å². The number of carbonyl (C=O) groups is 1. The van der Waals surface area contributed by atoms with E-state index in [1.165, 1.54) is 13.8 Å². The van der Waals surface area contributed by atoms with Crippen molar-refractivity contribution in [3.8, 4) is 0 Å². The van der Waals surface area contributed by atoms with Gasteiger partial charge in [0.15, 0.2) is 6.29 Å². The predicted octanol–water partition coefficient (Wildman–Crippen LogP) is -3.54. The first kappa shape index (κ1) is 19.5. The van der Waals surface area contributed by atoms with Gasteiger partial charge in [0.25, 0.3) is 0 Å². The Balaban J connectivity index is 1.87. The first-order valence-corrected chi connectivity index (χ1v) is 7.78. The van der Waals surface area contributed by atoms with E-state index in [1.807, 2.05) is 0 Å². The van der Waals surface area contributed by atoms with Crippen molar-refractivity contribution in [2.24, 2.45) is 0 Å². The van der Waals surface area contributed by atoms with Gasteiger partial charge >= 0.3 is 0 Å². The van der Waals surface area contributed by atoms with Crippen LogP contribution in [0.1, 0.15) is 13.8 Å². The van der Waals surface area contributed by atoms with Crippen LogP contribution >= 0.6 is 0 Å². The second-order valence-corrected chi connectivity index (χ2v) is 6.17. The lowest BCUT2D eigenvalue weighted by molar-refractivity contribution is -0.302. The third-order valence-electron chi connectivity index (χ3n) is 4.25. The minimum atomic E-state index is -1.46. The van der Waals surface area contributed by atoms with Crippen LogP contribution in [0.25, 0.3) is 0 Å². The molecule has 6 N–H and O–H groups in total. The van der Waals surface area contributed by atoms with Crippen molar-refractivity contribution in [3.63, 3.8) is 0 Å². The van der Waals surface area contributed by atoms with Crippen molar-refractivity contribution < 1.29 is 44.5 Å². The number of nitrogens with one attached hydrogen (secondary N) is 1. The summed E-state index contributed by atoms with van der Waals surface area (Å²) in [5.74, 6) is -0.357. The minimum Gasteiger partial charge on any atom is -0.388 e. The normalized spacial score (nSPS) is 46.5. The van der Waals surface area contributed by atoms with Gasteiger partial charge in [0, 0.05) is 6.92 Å². The second-order valence-electron chi connectivity index (χ2n) is 6.17. The molecular weight excluding hydrogens is 326 g/mol. The van der Waals surface area contributed by atoms with Crippen LogP contribution < -0.4 is 5.32 Å². The lowest BCUT2D eigenvalue weighted by Crippen LogP contribution is -2.61. The van der Waals surface area contributed by atoms with E-state index >= 15 is 0 Å². The lowest BCUT2D eigenvalue weighted by Gasteiger charge is -2.41. The molecule has 0 unspecified atom stereocenters. The molecule has 2 heterocycles. The molecule has 1 amide bonds. The number of aliphatic hydroxyl groups is 5. The Morgan fingerprint density at radius 3 is 2.38 bits per heavy atom. The SMILES string of the molecule is CC(=O)N[C@H]1CO[C@H](CO[C@H]2O[C@@H](C)[C@@H](O)[C@@H](O)[C@@H]2O)[C@@H](O)[C@@H]1O. The summed E-state index contributed by atoms with van der Waals surface area (Å²) in [6.07, 6.45) is -9.54. The van der Waals surface area contributed by atoms with Crippen LogP contribution in [0.4, 0.5) is 0 Å². The maximum atomic E-state index is 11.0. The fourth-order valence-electron chi connectivity index (χ4n) is 2.76. The van der Waals surface area contributed by atoms with Gasteiger partial charge in [0.1, 0.15) is 36.6 Å². The minimum absolute atomic E-state index is 0.0162. The van der Waals surface area contributed by atoms with Crippen molar-refractivity contribution in [1.82, 2.24) is 5.32 Å². The first-order chi connectivity index (χ1) is 11.2. The highest BCUT2D eigenvalue weighted by Crippen LogP contribution is 2.23. The van der Waals surface area contributed by atoms with Gasteiger partial charge in [-0.2, -0.15) is 0 Å². The lowest BCUT2D eigenvalue weighted by atomic mass is 9.98. The van der Waals surface area contributed by atoms with E-state index in [0.29, 0.717) is 0 Å². The molecule has 24 heavy (non-hydrogen) atoms. The zero-order valence-corrected chi connectivity index (χ0v) is 13.5. The highest BCUT2D eigenvalue weighted by atomic mass is 16.7. The smallest absolute Gasteiger partial charge is 0.217 e. The number of aliphatic hydroxyl groups excluding tert-OH is 5. The monoisotopic (exact) mass is 351 g/mol. The van der Waals surface area contributed by atoms with Crippen LogP contribution in [-0.4, -0.2) is 99.7 Å². The first-order valence-electron chi connectivity index (χ1n) is 7.78. The number of amides is 1. The van der Waals surface area contributed by atoms with Crippen LogP contribution in [-0.2, 0) is 19.0 Å². The van der Waals surface area contributed by atoms with Gasteiger partial charge in [-0.15, -0.1) is 0 Å². The zero-order valence-electron chi connectivity index (χ0n) is 13.5. The Labute approximate surface area is 138 Å². The molecular formula is C14H25NO9. The maximum absolute atomic E-state index is 11.0. The Hall–Kier alpha value is -0.850. The number of rotatable bonds is 4. The summed E-state index contributed by atoms with van der Waals surface area (Å²) in [6, 6.07) is -0.734. The van der Waals surface area contributed by atoms with Crippen molar-refractivity contribution >= 4 is 5.91 Å². The molecule has 0 aromatic carbocycles. The Bertz CT molecular complexity index is 436. The Kier molecular flexibility index (Phi) is 6.51. The molecule has 2 aliphatic heterocycles. The van der Waals surface area contributed by atoms with E-state index in [4.69, 9.17) is 14.2 Å². The molecule has 0 radical (unpaired) electrons. The van der Waals surface area contributed by atoms with Crippen LogP contribution in [0, 0.1) is 0 Å². The Morgan fingerprint density at radius 2 is 1.75 bits per heavy atom. The maximum Gasteiger partial charge on any atom is 0.217 e. The van der Waals surface area contributed by atoms with Crippen LogP contribution in [0.5, 0.6) is 0 Å².